The van der Waals surface area contributed by atoms with Crippen LogP contribution in [0.1, 0.15) is 27.7 Å². The Morgan fingerprint density at radius 1 is 1.38 bits per heavy atom. The third-order valence-electron chi connectivity index (χ3n) is 3.16. The van der Waals surface area contributed by atoms with Crippen molar-refractivity contribution in [2.24, 2.45) is 5.92 Å². The van der Waals surface area contributed by atoms with Crippen LogP contribution in [0.15, 0.2) is 22.8 Å². The summed E-state index contributed by atoms with van der Waals surface area (Å²) in [6, 6.07) is 5.53. The van der Waals surface area contributed by atoms with E-state index in [9.17, 15) is 4.79 Å². The topological polar surface area (TPSA) is 51.7 Å². The molecule has 2 heterocycles. The fourth-order valence-corrected chi connectivity index (χ4v) is 2.50. The number of halogens is 1. The third kappa shape index (κ3) is 4.59. The van der Waals surface area contributed by atoms with Gasteiger partial charge in [-0.25, -0.2) is 9.78 Å². The molecule has 1 aliphatic rings. The number of amides is 1. The second-order valence-corrected chi connectivity index (χ2v) is 7.13. The average Bonchev–Trinajstić information content (AvgIpc) is 2.69. The Labute approximate surface area is 133 Å². The third-order valence-corrected chi connectivity index (χ3v) is 3.60. The van der Waals surface area contributed by atoms with Crippen LogP contribution in [0.4, 0.5) is 4.79 Å². The fraction of sp³-hybridized carbons (Fsp3) is 0.600. The van der Waals surface area contributed by atoms with E-state index in [1.807, 2.05) is 39.0 Å². The molecule has 116 valence electrons. The van der Waals surface area contributed by atoms with Gasteiger partial charge in [0, 0.05) is 18.5 Å². The summed E-state index contributed by atoms with van der Waals surface area (Å²) in [5.41, 5.74) is -0.481. The summed E-state index contributed by atoms with van der Waals surface area (Å²) < 4.78 is 12.0. The first-order valence-corrected chi connectivity index (χ1v) is 7.81. The lowest BCUT2D eigenvalue weighted by atomic mass is 10.1. The second kappa shape index (κ2) is 6.22. The first-order chi connectivity index (χ1) is 9.74. The van der Waals surface area contributed by atoms with Gasteiger partial charge < -0.3 is 14.4 Å². The minimum Gasteiger partial charge on any atom is -0.472 e. The van der Waals surface area contributed by atoms with Crippen LogP contribution in [0.25, 0.3) is 0 Å². The monoisotopic (exact) mass is 356 g/mol. The average molecular weight is 357 g/mol. The van der Waals surface area contributed by atoms with Crippen LogP contribution in [-0.4, -0.2) is 40.8 Å². The molecule has 1 aromatic heterocycles. The minimum absolute atomic E-state index is 0.0701. The van der Waals surface area contributed by atoms with Gasteiger partial charge in [-0.3, -0.25) is 0 Å². The van der Waals surface area contributed by atoms with E-state index in [1.54, 1.807) is 4.90 Å². The molecule has 0 spiro atoms. The Morgan fingerprint density at radius 3 is 2.71 bits per heavy atom. The second-order valence-electron chi connectivity index (χ2n) is 6.32. The van der Waals surface area contributed by atoms with Crippen LogP contribution in [-0.2, 0) is 4.74 Å². The normalized spacial score (nSPS) is 22.2. The van der Waals surface area contributed by atoms with Gasteiger partial charge >= 0.3 is 6.09 Å². The SMILES string of the molecule is C[C@@H]1CN(C(=O)OC(C)(C)C)C[C@H]1Oc1cccc(Br)n1. The number of carbonyl (C=O) groups excluding carboxylic acids is 1. The lowest BCUT2D eigenvalue weighted by molar-refractivity contribution is 0.0274. The molecule has 2 rings (SSSR count). The van der Waals surface area contributed by atoms with Crippen LogP contribution in [0, 0.1) is 5.92 Å². The van der Waals surface area contributed by atoms with Gasteiger partial charge in [0.25, 0.3) is 0 Å². The molecule has 1 aliphatic heterocycles. The summed E-state index contributed by atoms with van der Waals surface area (Å²) in [5.74, 6) is 0.797. The van der Waals surface area contributed by atoms with Crippen molar-refractivity contribution in [1.82, 2.24) is 9.88 Å². The highest BCUT2D eigenvalue weighted by molar-refractivity contribution is 9.10. The summed E-state index contributed by atoms with van der Waals surface area (Å²) in [6.07, 6.45) is -0.359. The largest absolute Gasteiger partial charge is 0.472 e. The lowest BCUT2D eigenvalue weighted by Crippen LogP contribution is -2.36. The number of rotatable bonds is 2. The van der Waals surface area contributed by atoms with Gasteiger partial charge in [0.1, 0.15) is 16.3 Å². The highest BCUT2D eigenvalue weighted by Gasteiger charge is 2.36. The fourth-order valence-electron chi connectivity index (χ4n) is 2.18. The van der Waals surface area contributed by atoms with Crippen molar-refractivity contribution in [2.45, 2.75) is 39.4 Å². The molecule has 0 N–H and O–H groups in total. The van der Waals surface area contributed by atoms with Gasteiger partial charge in [0.05, 0.1) is 6.54 Å². The summed E-state index contributed by atoms with van der Waals surface area (Å²) in [6.45, 7) is 8.81. The number of ether oxygens (including phenoxy) is 2. The molecular weight excluding hydrogens is 336 g/mol. The molecule has 5 nitrogen and oxygen atoms in total. The van der Waals surface area contributed by atoms with E-state index in [2.05, 4.69) is 27.8 Å². The first kappa shape index (κ1) is 16.1. The van der Waals surface area contributed by atoms with E-state index >= 15 is 0 Å². The van der Waals surface area contributed by atoms with E-state index in [0.29, 0.717) is 19.0 Å². The molecular formula is C15H21BrN2O3. The van der Waals surface area contributed by atoms with Crippen molar-refractivity contribution in [3.8, 4) is 5.88 Å². The number of carbonyl (C=O) groups is 1. The maximum atomic E-state index is 12.1. The van der Waals surface area contributed by atoms with Crippen molar-refractivity contribution < 1.29 is 14.3 Å². The lowest BCUT2D eigenvalue weighted by Gasteiger charge is -2.24. The number of nitrogens with zero attached hydrogens (tertiary/aromatic N) is 2. The summed E-state index contributed by atoms with van der Waals surface area (Å²) in [4.78, 5) is 18.0. The van der Waals surface area contributed by atoms with Crippen LogP contribution in [0.5, 0.6) is 5.88 Å². The van der Waals surface area contributed by atoms with Crippen molar-refractivity contribution in [3.05, 3.63) is 22.8 Å². The predicted molar refractivity (Wildman–Crippen MR) is 83.3 cm³/mol. The van der Waals surface area contributed by atoms with Crippen LogP contribution < -0.4 is 4.74 Å². The van der Waals surface area contributed by atoms with Gasteiger partial charge in [0.15, 0.2) is 0 Å². The standard InChI is InChI=1S/C15H21BrN2O3/c1-10-8-18(14(19)21-15(2,3)4)9-11(10)20-13-7-5-6-12(16)17-13/h5-7,10-11H,8-9H2,1-4H3/t10-,11-/m1/s1. The molecule has 0 unspecified atom stereocenters. The Bertz CT molecular complexity index is 516. The van der Waals surface area contributed by atoms with Gasteiger partial charge in [0.2, 0.25) is 5.88 Å². The maximum absolute atomic E-state index is 12.1. The van der Waals surface area contributed by atoms with Crippen molar-refractivity contribution >= 4 is 22.0 Å². The van der Waals surface area contributed by atoms with Crippen molar-refractivity contribution in [3.63, 3.8) is 0 Å². The molecule has 6 heteroatoms. The summed E-state index contributed by atoms with van der Waals surface area (Å²) in [7, 11) is 0. The summed E-state index contributed by atoms with van der Waals surface area (Å²) in [5, 5.41) is 0. The first-order valence-electron chi connectivity index (χ1n) is 7.02. The van der Waals surface area contributed by atoms with E-state index in [1.165, 1.54) is 0 Å². The van der Waals surface area contributed by atoms with Crippen LogP contribution in [0.3, 0.4) is 0 Å². The molecule has 0 aromatic carbocycles. The van der Waals surface area contributed by atoms with Crippen LogP contribution in [0.2, 0.25) is 0 Å². The Hall–Kier alpha value is -1.30. The molecule has 0 bridgehead atoms. The Balaban J connectivity index is 1.96. The molecule has 1 saturated heterocycles. The molecule has 0 saturated carbocycles. The smallest absolute Gasteiger partial charge is 0.410 e. The van der Waals surface area contributed by atoms with Crippen molar-refractivity contribution in [2.75, 3.05) is 13.1 Å². The van der Waals surface area contributed by atoms with Gasteiger partial charge in [-0.05, 0) is 42.8 Å². The molecule has 1 aromatic rings. The number of pyridine rings is 1. The van der Waals surface area contributed by atoms with Gasteiger partial charge in [-0.15, -0.1) is 0 Å². The molecule has 1 amide bonds. The number of aromatic nitrogens is 1. The van der Waals surface area contributed by atoms with Gasteiger partial charge in [-0.1, -0.05) is 13.0 Å². The predicted octanol–water partition coefficient (Wildman–Crippen LogP) is 3.48. The minimum atomic E-state index is -0.481. The van der Waals surface area contributed by atoms with E-state index in [4.69, 9.17) is 9.47 Å². The molecule has 0 radical (unpaired) electrons. The van der Waals surface area contributed by atoms with Crippen LogP contribution >= 0.6 is 15.9 Å². The highest BCUT2D eigenvalue weighted by atomic mass is 79.9. The van der Waals surface area contributed by atoms with E-state index in [-0.39, 0.29) is 18.1 Å². The van der Waals surface area contributed by atoms with Crippen molar-refractivity contribution in [1.29, 1.82) is 0 Å². The zero-order valence-electron chi connectivity index (χ0n) is 12.8. The van der Waals surface area contributed by atoms with Gasteiger partial charge in [-0.2, -0.15) is 0 Å². The maximum Gasteiger partial charge on any atom is 0.410 e. The summed E-state index contributed by atoms with van der Waals surface area (Å²) >= 11 is 3.32. The number of hydrogen-bond donors (Lipinski definition) is 0. The van der Waals surface area contributed by atoms with E-state index < -0.39 is 5.60 Å². The molecule has 1 fully saturated rings. The molecule has 0 aliphatic carbocycles. The molecule has 21 heavy (non-hydrogen) atoms. The van der Waals surface area contributed by atoms with E-state index in [0.717, 1.165) is 4.60 Å². The Kier molecular flexibility index (Phi) is 4.76. The zero-order chi connectivity index (χ0) is 15.6. The Morgan fingerprint density at radius 2 is 2.10 bits per heavy atom. The number of likely N-dealkylation sites (tertiary alicyclic amines) is 1. The number of hydrogen-bond acceptors (Lipinski definition) is 4. The molecule has 2 atom stereocenters. The quantitative estimate of drug-likeness (QED) is 0.761. The highest BCUT2D eigenvalue weighted by Crippen LogP contribution is 2.24. The zero-order valence-corrected chi connectivity index (χ0v) is 14.4.